The molecule has 6 heteroatoms. The lowest BCUT2D eigenvalue weighted by Crippen LogP contribution is -2.45. The highest BCUT2D eigenvalue weighted by Crippen LogP contribution is 2.32. The molecule has 0 amide bonds. The van der Waals surface area contributed by atoms with Crippen LogP contribution in [0.3, 0.4) is 0 Å². The number of carboxylic acid groups (broad SMARTS) is 1. The highest BCUT2D eigenvalue weighted by Gasteiger charge is 2.28. The molecule has 1 aliphatic carbocycles. The number of aliphatic hydroxyl groups excluding tert-OH is 1. The van der Waals surface area contributed by atoms with Crippen molar-refractivity contribution in [3.63, 3.8) is 0 Å². The van der Waals surface area contributed by atoms with E-state index in [2.05, 4.69) is 43.4 Å². The van der Waals surface area contributed by atoms with Crippen LogP contribution in [0.25, 0.3) is 0 Å². The van der Waals surface area contributed by atoms with Gasteiger partial charge in [0.15, 0.2) is 0 Å². The van der Waals surface area contributed by atoms with Crippen molar-refractivity contribution in [1.29, 1.82) is 0 Å². The fourth-order valence-electron chi connectivity index (χ4n) is 4.88. The average Bonchev–Trinajstić information content (AvgIpc) is 3.16. The molecular formula is C27H36FNO4. The van der Waals surface area contributed by atoms with E-state index in [9.17, 15) is 14.3 Å². The van der Waals surface area contributed by atoms with Crippen LogP contribution in [0.2, 0.25) is 0 Å². The van der Waals surface area contributed by atoms with Gasteiger partial charge < -0.3 is 20.3 Å². The summed E-state index contributed by atoms with van der Waals surface area (Å²) in [5.74, 6) is -0.760. The number of β-amino-alcohol motifs (C(OH)–C–C–N with tert-alkyl or cyclic N) is 1. The van der Waals surface area contributed by atoms with Gasteiger partial charge in [-0.25, -0.2) is 4.39 Å². The van der Waals surface area contributed by atoms with Crippen molar-refractivity contribution >= 4 is 5.97 Å². The zero-order valence-electron chi connectivity index (χ0n) is 19.8. The van der Waals surface area contributed by atoms with E-state index in [1.165, 1.54) is 17.2 Å². The van der Waals surface area contributed by atoms with Gasteiger partial charge in [0.1, 0.15) is 5.82 Å². The van der Waals surface area contributed by atoms with Crippen LogP contribution in [0.5, 0.6) is 0 Å². The fraction of sp³-hybridized carbons (Fsp3) is 0.519. The average molecular weight is 458 g/mol. The fourth-order valence-corrected chi connectivity index (χ4v) is 4.88. The standard InChI is InChI=1S/C27H36FNO4/c1-18(26-20(11-12-25(31)32)9-6-10-24(26)28)33-17-23(30)16-29-27(2,3)15-19-13-21-7-4-5-8-22(21)14-19/h4-10,18-19,23,29-30H,11-17H2,1-3H3,(H,31,32)/t18-,23-/m0/s1. The predicted molar refractivity (Wildman–Crippen MR) is 127 cm³/mol. The molecule has 0 unspecified atom stereocenters. The van der Waals surface area contributed by atoms with Crippen molar-refractivity contribution in [3.8, 4) is 0 Å². The Bertz CT molecular complexity index is 920. The second kappa shape index (κ2) is 11.2. The second-order valence-electron chi connectivity index (χ2n) is 9.85. The Morgan fingerprint density at radius 1 is 1.18 bits per heavy atom. The number of aliphatic carboxylic acids is 1. The van der Waals surface area contributed by atoms with Crippen molar-refractivity contribution < 1.29 is 24.1 Å². The predicted octanol–water partition coefficient (Wildman–Crippen LogP) is 4.45. The molecule has 0 radical (unpaired) electrons. The first-order valence-electron chi connectivity index (χ1n) is 11.7. The molecule has 1 aliphatic rings. The van der Waals surface area contributed by atoms with E-state index in [-0.39, 0.29) is 25.0 Å². The van der Waals surface area contributed by atoms with Gasteiger partial charge >= 0.3 is 5.97 Å². The molecule has 0 saturated carbocycles. The minimum absolute atomic E-state index is 0.0613. The third kappa shape index (κ3) is 7.36. The number of hydrogen-bond acceptors (Lipinski definition) is 4. The minimum Gasteiger partial charge on any atom is -0.481 e. The van der Waals surface area contributed by atoms with Gasteiger partial charge in [-0.1, -0.05) is 36.4 Å². The second-order valence-corrected chi connectivity index (χ2v) is 9.85. The summed E-state index contributed by atoms with van der Waals surface area (Å²) < 4.78 is 20.2. The number of benzene rings is 2. The van der Waals surface area contributed by atoms with Crippen LogP contribution >= 0.6 is 0 Å². The van der Waals surface area contributed by atoms with Crippen LogP contribution in [-0.4, -0.2) is 41.0 Å². The Balaban J connectivity index is 1.46. The lowest BCUT2D eigenvalue weighted by atomic mass is 9.88. The summed E-state index contributed by atoms with van der Waals surface area (Å²) in [7, 11) is 0. The van der Waals surface area contributed by atoms with E-state index in [4.69, 9.17) is 9.84 Å². The van der Waals surface area contributed by atoms with Gasteiger partial charge in [0, 0.05) is 24.1 Å². The first-order valence-corrected chi connectivity index (χ1v) is 11.7. The Labute approximate surface area is 196 Å². The molecule has 3 N–H and O–H groups in total. The van der Waals surface area contributed by atoms with Crippen molar-refractivity contribution in [3.05, 3.63) is 70.5 Å². The molecule has 3 rings (SSSR count). The van der Waals surface area contributed by atoms with Crippen LogP contribution in [-0.2, 0) is 28.8 Å². The van der Waals surface area contributed by atoms with Crippen molar-refractivity contribution in [2.75, 3.05) is 13.2 Å². The SMILES string of the molecule is C[C@H](OC[C@@H](O)CNC(C)(C)CC1Cc2ccccc2C1)c1c(F)cccc1CCC(=O)O. The normalized spacial score (nSPS) is 15.9. The molecule has 2 aromatic rings. The molecule has 0 saturated heterocycles. The third-order valence-electron chi connectivity index (χ3n) is 6.45. The summed E-state index contributed by atoms with van der Waals surface area (Å²) in [5, 5.41) is 22.9. The first-order chi connectivity index (χ1) is 15.6. The maximum absolute atomic E-state index is 14.4. The summed E-state index contributed by atoms with van der Waals surface area (Å²) in [5.41, 5.74) is 3.74. The summed E-state index contributed by atoms with van der Waals surface area (Å²) in [4.78, 5) is 10.9. The van der Waals surface area contributed by atoms with Crippen LogP contribution in [0.1, 0.15) is 62.0 Å². The van der Waals surface area contributed by atoms with Gasteiger partial charge in [0.2, 0.25) is 0 Å². The molecule has 33 heavy (non-hydrogen) atoms. The monoisotopic (exact) mass is 457 g/mol. The van der Waals surface area contributed by atoms with Crippen LogP contribution in [0.15, 0.2) is 42.5 Å². The van der Waals surface area contributed by atoms with E-state index in [1.54, 1.807) is 19.1 Å². The highest BCUT2D eigenvalue weighted by molar-refractivity contribution is 5.67. The lowest BCUT2D eigenvalue weighted by Gasteiger charge is -2.31. The zero-order valence-corrected chi connectivity index (χ0v) is 19.8. The van der Waals surface area contributed by atoms with Crippen molar-refractivity contribution in [1.82, 2.24) is 5.32 Å². The van der Waals surface area contributed by atoms with E-state index < -0.39 is 24.0 Å². The van der Waals surface area contributed by atoms with Crippen LogP contribution < -0.4 is 5.32 Å². The summed E-state index contributed by atoms with van der Waals surface area (Å²) in [6.45, 7) is 6.47. The van der Waals surface area contributed by atoms with E-state index >= 15 is 0 Å². The summed E-state index contributed by atoms with van der Waals surface area (Å²) >= 11 is 0. The zero-order chi connectivity index (χ0) is 24.0. The number of carbonyl (C=O) groups is 1. The molecule has 0 fully saturated rings. The van der Waals surface area contributed by atoms with Crippen molar-refractivity contribution in [2.24, 2.45) is 5.92 Å². The molecule has 5 nitrogen and oxygen atoms in total. The Kier molecular flexibility index (Phi) is 8.63. The molecule has 2 atom stereocenters. The Morgan fingerprint density at radius 3 is 2.48 bits per heavy atom. The van der Waals surface area contributed by atoms with E-state index in [0.717, 1.165) is 19.3 Å². The van der Waals surface area contributed by atoms with Gasteiger partial charge in [-0.15, -0.1) is 0 Å². The molecule has 0 aromatic heterocycles. The van der Waals surface area contributed by atoms with Crippen molar-refractivity contribution in [2.45, 2.75) is 70.6 Å². The van der Waals surface area contributed by atoms with Gasteiger partial charge in [-0.2, -0.15) is 0 Å². The number of rotatable bonds is 12. The number of carboxylic acids is 1. The first kappa shape index (κ1) is 25.3. The molecule has 0 aliphatic heterocycles. The molecule has 2 aromatic carbocycles. The van der Waals surface area contributed by atoms with Crippen LogP contribution in [0, 0.1) is 11.7 Å². The maximum Gasteiger partial charge on any atom is 0.303 e. The number of fused-ring (bicyclic) bond motifs is 1. The molecule has 0 spiro atoms. The Hall–Kier alpha value is -2.28. The molecule has 0 bridgehead atoms. The number of nitrogens with one attached hydrogen (secondary N) is 1. The minimum atomic E-state index is -0.927. The van der Waals surface area contributed by atoms with Gasteiger partial charge in [-0.05, 0) is 75.1 Å². The van der Waals surface area contributed by atoms with E-state index in [0.29, 0.717) is 23.6 Å². The molecular weight excluding hydrogens is 421 g/mol. The number of halogens is 1. The molecule has 0 heterocycles. The third-order valence-corrected chi connectivity index (χ3v) is 6.45. The highest BCUT2D eigenvalue weighted by atomic mass is 19.1. The van der Waals surface area contributed by atoms with E-state index in [1.807, 2.05) is 0 Å². The lowest BCUT2D eigenvalue weighted by molar-refractivity contribution is -0.136. The Morgan fingerprint density at radius 2 is 1.85 bits per heavy atom. The van der Waals surface area contributed by atoms with Gasteiger partial charge in [0.05, 0.1) is 18.8 Å². The number of aryl methyl sites for hydroxylation is 1. The topological polar surface area (TPSA) is 78.8 Å². The van der Waals surface area contributed by atoms with Gasteiger partial charge in [-0.3, -0.25) is 4.79 Å². The summed E-state index contributed by atoms with van der Waals surface area (Å²) in [6, 6.07) is 13.3. The van der Waals surface area contributed by atoms with Gasteiger partial charge in [0.25, 0.3) is 0 Å². The smallest absolute Gasteiger partial charge is 0.303 e. The maximum atomic E-state index is 14.4. The number of hydrogen-bond donors (Lipinski definition) is 3. The van der Waals surface area contributed by atoms with Crippen LogP contribution in [0.4, 0.5) is 4.39 Å². The quantitative estimate of drug-likeness (QED) is 0.439. The molecule has 180 valence electrons. The number of ether oxygens (including phenoxy) is 1. The largest absolute Gasteiger partial charge is 0.481 e. The summed E-state index contributed by atoms with van der Waals surface area (Å²) in [6.07, 6.45) is 2.04. The number of aliphatic hydroxyl groups is 1.